The molecule has 0 aliphatic heterocycles. The molecule has 0 radical (unpaired) electrons. The summed E-state index contributed by atoms with van der Waals surface area (Å²) in [6.45, 7) is 1.86. The van der Waals surface area contributed by atoms with Gasteiger partial charge in [-0.05, 0) is 69.7 Å². The van der Waals surface area contributed by atoms with Gasteiger partial charge in [-0.3, -0.25) is 9.48 Å². The van der Waals surface area contributed by atoms with E-state index >= 15 is 0 Å². The number of hydrogen-bond donors (Lipinski definition) is 2. The highest BCUT2D eigenvalue weighted by Gasteiger charge is 2.48. The third-order valence-electron chi connectivity index (χ3n) is 7.93. The third-order valence-corrected chi connectivity index (χ3v) is 7.93. The van der Waals surface area contributed by atoms with E-state index in [0.29, 0.717) is 22.2 Å². The molecule has 2 bridgehead atoms. The number of nitrogens with zero attached hydrogens (tertiary/aromatic N) is 4. The Balaban J connectivity index is 1.46. The van der Waals surface area contributed by atoms with Crippen molar-refractivity contribution in [3.05, 3.63) is 52.6 Å². The van der Waals surface area contributed by atoms with Crippen LogP contribution < -0.4 is 11.3 Å². The van der Waals surface area contributed by atoms with Crippen molar-refractivity contribution < 1.29 is 5.11 Å². The molecular formula is C25H27N5O2. The first-order valence-corrected chi connectivity index (χ1v) is 11.3. The lowest BCUT2D eigenvalue weighted by molar-refractivity contribution is 0.0513. The SMILES string of the molecule is Cc1c(O)c(-c2ccc3c(=O)n(C45CCC(N)(CC4)CC5)ccc3n2)cc2cn(C)nc12. The molecule has 0 atom stereocenters. The molecule has 0 saturated heterocycles. The van der Waals surface area contributed by atoms with Gasteiger partial charge in [0.2, 0.25) is 0 Å². The van der Waals surface area contributed by atoms with Gasteiger partial charge in [-0.1, -0.05) is 0 Å². The number of pyridine rings is 2. The summed E-state index contributed by atoms with van der Waals surface area (Å²) in [7, 11) is 1.86. The topological polar surface area (TPSA) is 99.0 Å². The number of aromatic hydroxyl groups is 1. The van der Waals surface area contributed by atoms with Crippen molar-refractivity contribution in [2.24, 2.45) is 12.8 Å². The molecule has 1 aromatic carbocycles. The molecule has 32 heavy (non-hydrogen) atoms. The quantitative estimate of drug-likeness (QED) is 0.506. The molecule has 7 rings (SSSR count). The van der Waals surface area contributed by atoms with E-state index in [1.807, 2.05) is 55.2 Å². The zero-order chi connectivity index (χ0) is 22.3. The maximum atomic E-state index is 13.5. The minimum absolute atomic E-state index is 0.0103. The van der Waals surface area contributed by atoms with Crippen LogP contribution in [0.4, 0.5) is 0 Å². The van der Waals surface area contributed by atoms with Crippen LogP contribution in [0.3, 0.4) is 0 Å². The standard InChI is InChI=1S/C25H27N5O2/c1-15-21-16(14-29(2)28-21)13-18(22(15)31)19-4-3-17-20(27-19)5-12-30(23(17)32)25-9-6-24(26,7-10-25)8-11-25/h3-5,12-14,31H,6-11,26H2,1-2H3. The molecule has 0 unspecified atom stereocenters. The summed E-state index contributed by atoms with van der Waals surface area (Å²) >= 11 is 0. The molecule has 3 N–H and O–H groups in total. The molecule has 3 fully saturated rings. The number of phenolic OH excluding ortho intramolecular Hbond substituents is 1. The summed E-state index contributed by atoms with van der Waals surface area (Å²) in [6.07, 6.45) is 9.63. The van der Waals surface area contributed by atoms with E-state index < -0.39 is 0 Å². The highest BCUT2D eigenvalue weighted by Crippen LogP contribution is 2.49. The molecule has 4 aromatic rings. The molecular weight excluding hydrogens is 402 g/mol. The van der Waals surface area contributed by atoms with E-state index in [1.165, 1.54) is 0 Å². The molecule has 0 amide bonds. The maximum absolute atomic E-state index is 13.5. The smallest absolute Gasteiger partial charge is 0.260 e. The Bertz CT molecular complexity index is 1440. The van der Waals surface area contributed by atoms with Gasteiger partial charge >= 0.3 is 0 Å². The average molecular weight is 430 g/mol. The molecule has 3 aromatic heterocycles. The van der Waals surface area contributed by atoms with Crippen molar-refractivity contribution in [1.82, 2.24) is 19.3 Å². The van der Waals surface area contributed by atoms with Crippen molar-refractivity contribution in [3.63, 3.8) is 0 Å². The van der Waals surface area contributed by atoms with E-state index in [4.69, 9.17) is 10.7 Å². The summed E-state index contributed by atoms with van der Waals surface area (Å²) in [5.74, 6) is 0.171. The zero-order valence-corrected chi connectivity index (χ0v) is 18.4. The lowest BCUT2D eigenvalue weighted by Crippen LogP contribution is -2.57. The first-order chi connectivity index (χ1) is 15.3. The maximum Gasteiger partial charge on any atom is 0.260 e. The van der Waals surface area contributed by atoms with Gasteiger partial charge in [0.1, 0.15) is 5.75 Å². The fourth-order valence-corrected chi connectivity index (χ4v) is 5.84. The Labute approximate surface area is 185 Å². The number of rotatable bonds is 2. The van der Waals surface area contributed by atoms with E-state index in [-0.39, 0.29) is 22.4 Å². The fraction of sp³-hybridized carbons (Fsp3) is 0.400. The summed E-state index contributed by atoms with van der Waals surface area (Å²) in [4.78, 5) is 18.2. The number of fused-ring (bicyclic) bond motifs is 5. The van der Waals surface area contributed by atoms with E-state index in [0.717, 1.165) is 55.0 Å². The van der Waals surface area contributed by atoms with Crippen molar-refractivity contribution in [3.8, 4) is 17.0 Å². The van der Waals surface area contributed by atoms with Crippen molar-refractivity contribution in [2.45, 2.75) is 56.5 Å². The summed E-state index contributed by atoms with van der Waals surface area (Å²) < 4.78 is 3.68. The minimum atomic E-state index is -0.119. The van der Waals surface area contributed by atoms with Gasteiger partial charge in [0.05, 0.1) is 22.1 Å². The van der Waals surface area contributed by atoms with Crippen LogP contribution in [0.2, 0.25) is 0 Å². The Kier molecular flexibility index (Phi) is 3.91. The molecule has 3 heterocycles. The van der Waals surface area contributed by atoms with Crippen LogP contribution in [-0.2, 0) is 12.6 Å². The van der Waals surface area contributed by atoms with Gasteiger partial charge < -0.3 is 15.4 Å². The first-order valence-electron chi connectivity index (χ1n) is 11.3. The van der Waals surface area contributed by atoms with Crippen LogP contribution in [0.25, 0.3) is 33.1 Å². The van der Waals surface area contributed by atoms with Crippen molar-refractivity contribution in [2.75, 3.05) is 0 Å². The number of aryl methyl sites for hydroxylation is 2. The number of aromatic nitrogens is 4. The molecule has 164 valence electrons. The van der Waals surface area contributed by atoms with Gasteiger partial charge in [-0.2, -0.15) is 5.10 Å². The summed E-state index contributed by atoms with van der Waals surface area (Å²) in [5, 5.41) is 16.8. The van der Waals surface area contributed by atoms with Gasteiger partial charge in [0.25, 0.3) is 5.56 Å². The predicted molar refractivity (Wildman–Crippen MR) is 125 cm³/mol. The first kappa shape index (κ1) is 19.5. The highest BCUT2D eigenvalue weighted by molar-refractivity contribution is 5.91. The number of hydrogen-bond acceptors (Lipinski definition) is 5. The second-order valence-corrected chi connectivity index (χ2v) is 9.85. The Morgan fingerprint density at radius 3 is 2.53 bits per heavy atom. The highest BCUT2D eigenvalue weighted by atomic mass is 16.3. The van der Waals surface area contributed by atoms with Crippen LogP contribution >= 0.6 is 0 Å². The predicted octanol–water partition coefficient (Wildman–Crippen LogP) is 3.72. The van der Waals surface area contributed by atoms with E-state index in [2.05, 4.69) is 5.10 Å². The van der Waals surface area contributed by atoms with E-state index in [9.17, 15) is 9.90 Å². The summed E-state index contributed by atoms with van der Waals surface area (Å²) in [5.41, 5.74) is 9.75. The van der Waals surface area contributed by atoms with Crippen molar-refractivity contribution >= 4 is 21.8 Å². The number of phenols is 1. The Morgan fingerprint density at radius 2 is 1.81 bits per heavy atom. The lowest BCUT2D eigenvalue weighted by Gasteiger charge is -2.52. The zero-order valence-electron chi connectivity index (χ0n) is 18.4. The van der Waals surface area contributed by atoms with Crippen LogP contribution in [-0.4, -0.2) is 30.0 Å². The average Bonchev–Trinajstić information content (AvgIpc) is 3.17. The molecule has 7 heteroatoms. The number of benzene rings is 1. The Hall–Kier alpha value is -3.19. The second kappa shape index (κ2) is 6.42. The monoisotopic (exact) mass is 429 g/mol. The molecule has 7 nitrogen and oxygen atoms in total. The van der Waals surface area contributed by atoms with Crippen molar-refractivity contribution in [1.29, 1.82) is 0 Å². The lowest BCUT2D eigenvalue weighted by atomic mass is 9.62. The molecule has 3 aliphatic carbocycles. The van der Waals surface area contributed by atoms with Crippen LogP contribution in [0, 0.1) is 6.92 Å². The normalized spacial score (nSPS) is 25.1. The minimum Gasteiger partial charge on any atom is -0.507 e. The molecule has 0 spiro atoms. The fourth-order valence-electron chi connectivity index (χ4n) is 5.84. The third kappa shape index (κ3) is 2.67. The molecule has 3 saturated carbocycles. The largest absolute Gasteiger partial charge is 0.507 e. The van der Waals surface area contributed by atoms with E-state index in [1.54, 1.807) is 4.68 Å². The van der Waals surface area contributed by atoms with Crippen LogP contribution in [0.15, 0.2) is 41.5 Å². The van der Waals surface area contributed by atoms with Gasteiger partial charge in [0, 0.05) is 47.0 Å². The Morgan fingerprint density at radius 1 is 1.09 bits per heavy atom. The van der Waals surface area contributed by atoms with Gasteiger partial charge in [-0.15, -0.1) is 0 Å². The van der Waals surface area contributed by atoms with Gasteiger partial charge in [-0.25, -0.2) is 4.98 Å². The van der Waals surface area contributed by atoms with Crippen LogP contribution in [0.1, 0.15) is 44.1 Å². The molecule has 3 aliphatic rings. The second-order valence-electron chi connectivity index (χ2n) is 9.85. The van der Waals surface area contributed by atoms with Crippen LogP contribution in [0.5, 0.6) is 5.75 Å². The number of nitrogens with two attached hydrogens (primary N) is 1. The summed E-state index contributed by atoms with van der Waals surface area (Å²) in [6, 6.07) is 7.51. The van der Waals surface area contributed by atoms with Gasteiger partial charge in [0.15, 0.2) is 0 Å².